The van der Waals surface area contributed by atoms with Crippen LogP contribution in [0.1, 0.15) is 43.9 Å². The van der Waals surface area contributed by atoms with E-state index in [1.807, 2.05) is 96.9 Å². The van der Waals surface area contributed by atoms with Crippen LogP contribution in [-0.4, -0.2) is 59.7 Å². The monoisotopic (exact) mass is 626 g/mol. The highest BCUT2D eigenvalue weighted by Crippen LogP contribution is 2.53. The number of hydrogen-bond acceptors (Lipinski definition) is 5. The van der Waals surface area contributed by atoms with Crippen LogP contribution >= 0.6 is 22.9 Å². The third-order valence-electron chi connectivity index (χ3n) is 8.74. The lowest BCUT2D eigenvalue weighted by atomic mass is 9.77. The summed E-state index contributed by atoms with van der Waals surface area (Å²) in [5, 5.41) is 8.91. The summed E-state index contributed by atoms with van der Waals surface area (Å²) in [6.07, 6.45) is 0. The van der Waals surface area contributed by atoms with Crippen LogP contribution in [-0.2, 0) is 4.79 Å². The lowest BCUT2D eigenvalue weighted by molar-refractivity contribution is -0.136. The second-order valence-electron chi connectivity index (χ2n) is 11.4. The zero-order chi connectivity index (χ0) is 30.8. The van der Waals surface area contributed by atoms with Gasteiger partial charge < -0.3 is 20.4 Å². The first kappa shape index (κ1) is 30.1. The van der Waals surface area contributed by atoms with Crippen molar-refractivity contribution in [3.63, 3.8) is 0 Å². The Morgan fingerprint density at radius 3 is 2.20 bits per heavy atom. The van der Waals surface area contributed by atoms with Crippen molar-refractivity contribution in [2.75, 3.05) is 31.5 Å². The van der Waals surface area contributed by atoms with Crippen LogP contribution in [0.25, 0.3) is 0 Å². The fourth-order valence-electron chi connectivity index (χ4n) is 6.61. The zero-order valence-electron chi connectivity index (χ0n) is 24.7. The third kappa shape index (κ3) is 5.77. The molecule has 0 spiro atoms. The van der Waals surface area contributed by atoms with Gasteiger partial charge in [-0.15, -0.1) is 11.3 Å². The van der Waals surface area contributed by atoms with Crippen molar-refractivity contribution >= 4 is 46.3 Å². The predicted octanol–water partition coefficient (Wildman–Crippen LogP) is 6.69. The molecule has 0 saturated carbocycles. The number of carbonyl (C=O) groups excluding carboxylic acids is 3. The van der Waals surface area contributed by atoms with Gasteiger partial charge in [0.15, 0.2) is 5.78 Å². The molecule has 1 aromatic heterocycles. The molecule has 0 aliphatic carbocycles. The first-order valence-electron chi connectivity index (χ1n) is 14.9. The Hall–Kier alpha value is -3.98. The fourth-order valence-corrected chi connectivity index (χ4v) is 7.85. The number of carbonyl (C=O) groups is 3. The van der Waals surface area contributed by atoms with Gasteiger partial charge in [0.25, 0.3) is 0 Å². The molecular weight excluding hydrogens is 592 g/mol. The van der Waals surface area contributed by atoms with E-state index in [0.29, 0.717) is 42.5 Å². The number of para-hydroxylation sites is 1. The van der Waals surface area contributed by atoms with Crippen LogP contribution in [0.5, 0.6) is 0 Å². The fraction of sp³-hybridized carbons (Fsp3) is 0.286. The molecule has 7 nitrogen and oxygen atoms in total. The molecule has 0 radical (unpaired) electrons. The summed E-state index contributed by atoms with van der Waals surface area (Å²) in [7, 11) is 0. The van der Waals surface area contributed by atoms with E-state index >= 15 is 0 Å². The van der Waals surface area contributed by atoms with Gasteiger partial charge in [-0.1, -0.05) is 66.2 Å². The minimum absolute atomic E-state index is 0.0889. The number of Topliss-reactive ketones (excluding diaryl/α,β-unsaturated/α-hetero) is 1. The molecule has 2 aliphatic heterocycles. The number of nitrogens with one attached hydrogen (secondary N) is 2. The van der Waals surface area contributed by atoms with E-state index in [1.54, 1.807) is 17.0 Å². The normalized spacial score (nSPS) is 21.7. The second kappa shape index (κ2) is 12.9. The Bertz CT molecular complexity index is 1650. The number of nitrogens with zero attached hydrogens (tertiary/aromatic N) is 2. The number of thiophene rings is 1. The maximum atomic E-state index is 14.9. The Morgan fingerprint density at radius 2 is 1.55 bits per heavy atom. The van der Waals surface area contributed by atoms with Gasteiger partial charge in [-0.2, -0.15) is 0 Å². The summed E-state index contributed by atoms with van der Waals surface area (Å²) in [4.78, 5) is 48.6. The molecule has 3 aromatic carbocycles. The van der Waals surface area contributed by atoms with Gasteiger partial charge in [-0.05, 0) is 66.2 Å². The minimum atomic E-state index is -0.909. The molecule has 3 heterocycles. The van der Waals surface area contributed by atoms with E-state index in [-0.39, 0.29) is 11.7 Å². The summed E-state index contributed by atoms with van der Waals surface area (Å²) in [6, 6.07) is 24.0. The van der Waals surface area contributed by atoms with E-state index in [2.05, 4.69) is 10.6 Å². The predicted molar refractivity (Wildman–Crippen MR) is 176 cm³/mol. The van der Waals surface area contributed by atoms with Gasteiger partial charge in [0.2, 0.25) is 5.91 Å². The van der Waals surface area contributed by atoms with Crippen molar-refractivity contribution in [3.8, 4) is 0 Å². The molecule has 6 rings (SSSR count). The number of anilines is 1. The molecule has 44 heavy (non-hydrogen) atoms. The minimum Gasteiger partial charge on any atom is -0.338 e. The topological polar surface area (TPSA) is 81.8 Å². The second-order valence-corrected chi connectivity index (χ2v) is 12.8. The summed E-state index contributed by atoms with van der Waals surface area (Å²) in [5.74, 6) is -1.53. The Kier molecular flexibility index (Phi) is 8.84. The maximum absolute atomic E-state index is 14.9. The Labute approximate surface area is 266 Å². The number of ketones is 1. The zero-order valence-corrected chi connectivity index (χ0v) is 26.3. The quantitative estimate of drug-likeness (QED) is 0.234. The Balaban J connectivity index is 1.58. The summed E-state index contributed by atoms with van der Waals surface area (Å²) >= 11 is 7.86. The largest absolute Gasteiger partial charge is 0.338 e. The van der Waals surface area contributed by atoms with E-state index in [9.17, 15) is 14.4 Å². The highest BCUT2D eigenvalue weighted by atomic mass is 35.5. The third-order valence-corrected chi connectivity index (χ3v) is 10.1. The molecule has 2 fully saturated rings. The number of halogens is 1. The first-order valence-corrected chi connectivity index (χ1v) is 16.1. The van der Waals surface area contributed by atoms with Crippen LogP contribution in [0.15, 0.2) is 90.3 Å². The number of rotatable bonds is 6. The summed E-state index contributed by atoms with van der Waals surface area (Å²) in [5.41, 5.74) is 3.80. The standard InChI is InChI=1S/C35H35ClN4O3S/c1-22-8-6-7-11-27(22)32(41)28-29(33-23(2)16-21-44-33)31(34(42)39-19-17-37-18-20-39)40(30(28)24-12-14-25(36)15-13-24)35(43)38-26-9-4-3-5-10-26/h3-16,21,28-31,37H,17-20H2,1-2H3,(H,38,43). The molecule has 4 unspecified atom stereocenters. The highest BCUT2D eigenvalue weighted by molar-refractivity contribution is 7.10. The average Bonchev–Trinajstić information content (AvgIpc) is 3.62. The number of aryl methyl sites for hydroxylation is 2. The SMILES string of the molecule is Cc1ccccc1C(=O)C1C(c2sccc2C)C(C(=O)N2CCNCC2)N(C(=O)Nc2ccccc2)C1c1ccc(Cl)cc1. The number of urea groups is 1. The van der Waals surface area contributed by atoms with Gasteiger partial charge in [0.05, 0.1) is 12.0 Å². The van der Waals surface area contributed by atoms with Crippen molar-refractivity contribution in [2.45, 2.75) is 31.8 Å². The lowest BCUT2D eigenvalue weighted by Crippen LogP contribution is -2.55. The molecule has 9 heteroatoms. The van der Waals surface area contributed by atoms with Crippen LogP contribution < -0.4 is 10.6 Å². The Morgan fingerprint density at radius 1 is 0.864 bits per heavy atom. The molecule has 2 saturated heterocycles. The van der Waals surface area contributed by atoms with Crippen LogP contribution in [0.3, 0.4) is 0 Å². The maximum Gasteiger partial charge on any atom is 0.323 e. The van der Waals surface area contributed by atoms with Crippen molar-refractivity contribution in [2.24, 2.45) is 5.92 Å². The molecule has 3 amide bonds. The average molecular weight is 627 g/mol. The van der Waals surface area contributed by atoms with Gasteiger partial charge in [-0.3, -0.25) is 9.59 Å². The van der Waals surface area contributed by atoms with Crippen LogP contribution in [0.2, 0.25) is 5.02 Å². The van der Waals surface area contributed by atoms with E-state index in [1.165, 1.54) is 11.3 Å². The molecule has 4 atom stereocenters. The highest BCUT2D eigenvalue weighted by Gasteiger charge is 2.59. The smallest absolute Gasteiger partial charge is 0.323 e. The van der Waals surface area contributed by atoms with Crippen molar-refractivity contribution in [1.82, 2.24) is 15.1 Å². The molecule has 226 valence electrons. The van der Waals surface area contributed by atoms with Gasteiger partial charge >= 0.3 is 6.03 Å². The van der Waals surface area contributed by atoms with Crippen molar-refractivity contribution < 1.29 is 14.4 Å². The molecule has 0 bridgehead atoms. The first-order chi connectivity index (χ1) is 21.3. The van der Waals surface area contributed by atoms with E-state index < -0.39 is 30.0 Å². The van der Waals surface area contributed by atoms with E-state index in [0.717, 1.165) is 21.6 Å². The number of piperazine rings is 1. The molecule has 2 aliphatic rings. The van der Waals surface area contributed by atoms with Gasteiger partial charge in [0, 0.05) is 53.2 Å². The number of benzene rings is 3. The van der Waals surface area contributed by atoms with Crippen molar-refractivity contribution in [1.29, 1.82) is 0 Å². The van der Waals surface area contributed by atoms with Crippen LogP contribution in [0.4, 0.5) is 10.5 Å². The van der Waals surface area contributed by atoms with Crippen molar-refractivity contribution in [3.05, 3.63) is 122 Å². The molecular formula is C35H35ClN4O3S. The number of hydrogen-bond donors (Lipinski definition) is 2. The van der Waals surface area contributed by atoms with Gasteiger partial charge in [-0.25, -0.2) is 4.79 Å². The van der Waals surface area contributed by atoms with Gasteiger partial charge in [0.1, 0.15) is 6.04 Å². The molecule has 4 aromatic rings. The number of amides is 3. The summed E-state index contributed by atoms with van der Waals surface area (Å²) in [6.45, 7) is 6.34. The lowest BCUT2D eigenvalue weighted by Gasteiger charge is -2.36. The number of likely N-dealkylation sites (tertiary alicyclic amines) is 1. The van der Waals surface area contributed by atoms with Crippen LogP contribution in [0, 0.1) is 19.8 Å². The summed E-state index contributed by atoms with van der Waals surface area (Å²) < 4.78 is 0. The molecule has 2 N–H and O–H groups in total. The van der Waals surface area contributed by atoms with E-state index in [4.69, 9.17) is 11.6 Å².